The largest absolute Gasteiger partial charge is 0.370 e. The van der Waals surface area contributed by atoms with Crippen molar-refractivity contribution in [3.8, 4) is 0 Å². The van der Waals surface area contributed by atoms with E-state index in [2.05, 4.69) is 58.9 Å². The molecule has 0 spiro atoms. The van der Waals surface area contributed by atoms with Gasteiger partial charge in [-0.25, -0.2) is 4.79 Å². The lowest BCUT2D eigenvalue weighted by Gasteiger charge is -2.43. The Morgan fingerprint density at radius 3 is 2.16 bits per heavy atom. The third-order valence-electron chi connectivity index (χ3n) is 9.86. The van der Waals surface area contributed by atoms with Crippen molar-refractivity contribution in [1.29, 1.82) is 0 Å². The summed E-state index contributed by atoms with van der Waals surface area (Å²) in [7, 11) is 2.20. The summed E-state index contributed by atoms with van der Waals surface area (Å²) >= 11 is 7.49. The zero-order valence-electron chi connectivity index (χ0n) is 25.4. The molecule has 3 amide bonds. The summed E-state index contributed by atoms with van der Waals surface area (Å²) in [5.41, 5.74) is 3.70. The molecule has 6 rings (SSSR count). The minimum atomic E-state index is -0.0717. The number of likely N-dealkylation sites (tertiary alicyclic amines) is 1. The monoisotopic (exact) mass is 728 g/mol. The van der Waals surface area contributed by atoms with Gasteiger partial charge in [0.25, 0.3) is 0 Å². The lowest BCUT2D eigenvalue weighted by atomic mass is 9.99. The van der Waals surface area contributed by atoms with E-state index in [1.54, 1.807) is 0 Å². The van der Waals surface area contributed by atoms with Gasteiger partial charge in [0.2, 0.25) is 5.91 Å². The fraction of sp³-hybridized carbons (Fsp3) is 0.545. The van der Waals surface area contributed by atoms with Crippen LogP contribution in [-0.4, -0.2) is 109 Å². The number of fused-ring (bicyclic) bond motifs is 1. The lowest BCUT2D eigenvalue weighted by Crippen LogP contribution is -2.52. The number of nitrogens with zero attached hydrogens (tertiary/aromatic N) is 5. The molecule has 4 aliphatic heterocycles. The molecule has 3 fully saturated rings. The van der Waals surface area contributed by atoms with E-state index in [0.29, 0.717) is 31.2 Å². The van der Waals surface area contributed by atoms with Crippen LogP contribution in [0.4, 0.5) is 16.2 Å². The topological polar surface area (TPSA) is 79.4 Å². The molecule has 3 saturated heterocycles. The van der Waals surface area contributed by atoms with Gasteiger partial charge >= 0.3 is 6.03 Å². The van der Waals surface area contributed by atoms with Crippen molar-refractivity contribution in [1.82, 2.24) is 19.6 Å². The number of likely N-dealkylation sites (N-methyl/N-ethyl adjacent to an activating group) is 1. The highest BCUT2D eigenvalue weighted by Crippen LogP contribution is 2.38. The normalized spacial score (nSPS) is 20.9. The second kappa shape index (κ2) is 13.9. The molecule has 4 heterocycles. The Morgan fingerprint density at radius 1 is 0.841 bits per heavy atom. The van der Waals surface area contributed by atoms with Crippen LogP contribution in [0.2, 0.25) is 0 Å². The Kier molecular flexibility index (Phi) is 9.95. The van der Waals surface area contributed by atoms with Crippen LogP contribution in [0, 0.1) is 0 Å². The molecule has 0 aliphatic carbocycles. The maximum absolute atomic E-state index is 13.2. The molecule has 0 saturated carbocycles. The first kappa shape index (κ1) is 31.5. The standard InChI is InChI=1S/C33H42Br2N6O3/c1-37-16-18-38(19-17-37)25-8-14-40(15-9-25)32-27(34)20-24(21-28(32)35)30(42)6-7-31(43)39-12-10-26(11-13-39)41-22-23-4-2-3-5-29(23)36-33(41)44/h2-5,20-21,25-26H,6-19,22H2,1H3,(H,36,44). The second-order valence-electron chi connectivity index (χ2n) is 12.6. The summed E-state index contributed by atoms with van der Waals surface area (Å²) in [5, 5.41) is 2.99. The molecule has 44 heavy (non-hydrogen) atoms. The van der Waals surface area contributed by atoms with E-state index < -0.39 is 0 Å². The number of para-hydroxylation sites is 1. The molecule has 2 aromatic rings. The van der Waals surface area contributed by atoms with E-state index in [1.807, 2.05) is 46.2 Å². The molecule has 4 aliphatic rings. The first-order valence-electron chi connectivity index (χ1n) is 15.9. The Morgan fingerprint density at radius 2 is 1.48 bits per heavy atom. The molecule has 9 nitrogen and oxygen atoms in total. The van der Waals surface area contributed by atoms with Crippen molar-refractivity contribution >= 4 is 61.0 Å². The quantitative estimate of drug-likeness (QED) is 0.384. The Labute approximate surface area is 277 Å². The summed E-state index contributed by atoms with van der Waals surface area (Å²) in [6, 6.07) is 12.4. The van der Waals surface area contributed by atoms with Crippen LogP contribution in [0.3, 0.4) is 0 Å². The van der Waals surface area contributed by atoms with E-state index in [4.69, 9.17) is 0 Å². The minimum absolute atomic E-state index is 0.00298. The number of benzene rings is 2. The molecule has 2 aromatic carbocycles. The van der Waals surface area contributed by atoms with Crippen molar-refractivity contribution in [2.24, 2.45) is 0 Å². The number of halogens is 2. The Hall–Kier alpha value is -2.47. The van der Waals surface area contributed by atoms with E-state index in [-0.39, 0.29) is 36.6 Å². The van der Waals surface area contributed by atoms with E-state index >= 15 is 0 Å². The number of rotatable bonds is 7. The van der Waals surface area contributed by atoms with Gasteiger partial charge in [0.15, 0.2) is 5.78 Å². The molecular weight excluding hydrogens is 688 g/mol. The summed E-state index contributed by atoms with van der Waals surface area (Å²) < 4.78 is 1.82. The van der Waals surface area contributed by atoms with Crippen LogP contribution in [0.25, 0.3) is 0 Å². The van der Waals surface area contributed by atoms with Crippen LogP contribution in [0.1, 0.15) is 54.4 Å². The number of urea groups is 1. The summed E-state index contributed by atoms with van der Waals surface area (Å²) in [6.45, 7) is 8.36. The minimum Gasteiger partial charge on any atom is -0.370 e. The van der Waals surface area contributed by atoms with Crippen LogP contribution in [0.15, 0.2) is 45.3 Å². The number of piperazine rings is 1. The van der Waals surface area contributed by atoms with E-state index in [9.17, 15) is 14.4 Å². The second-order valence-corrected chi connectivity index (χ2v) is 14.3. The van der Waals surface area contributed by atoms with Crippen LogP contribution in [0.5, 0.6) is 0 Å². The highest BCUT2D eigenvalue weighted by atomic mass is 79.9. The molecular formula is C33H42Br2N6O3. The van der Waals surface area contributed by atoms with Crippen molar-refractivity contribution in [2.75, 3.05) is 69.6 Å². The number of ketones is 1. The lowest BCUT2D eigenvalue weighted by molar-refractivity contribution is -0.132. The van der Waals surface area contributed by atoms with E-state index in [1.165, 1.54) is 0 Å². The highest BCUT2D eigenvalue weighted by molar-refractivity contribution is 9.11. The maximum Gasteiger partial charge on any atom is 0.322 e. The molecule has 0 radical (unpaired) electrons. The Bertz CT molecular complexity index is 1360. The first-order valence-corrected chi connectivity index (χ1v) is 17.5. The van der Waals surface area contributed by atoms with Crippen LogP contribution in [-0.2, 0) is 11.3 Å². The highest BCUT2D eigenvalue weighted by Gasteiger charge is 2.33. The van der Waals surface area contributed by atoms with E-state index in [0.717, 1.165) is 90.8 Å². The smallest absolute Gasteiger partial charge is 0.322 e. The average Bonchev–Trinajstić information content (AvgIpc) is 3.03. The fourth-order valence-electron chi connectivity index (χ4n) is 7.14. The van der Waals surface area contributed by atoms with Crippen molar-refractivity contribution in [3.63, 3.8) is 0 Å². The van der Waals surface area contributed by atoms with Crippen LogP contribution >= 0.6 is 31.9 Å². The van der Waals surface area contributed by atoms with Gasteiger partial charge in [0.05, 0.1) is 5.69 Å². The van der Waals surface area contributed by atoms with Gasteiger partial charge in [-0.15, -0.1) is 0 Å². The fourth-order valence-corrected chi connectivity index (χ4v) is 8.83. The van der Waals surface area contributed by atoms with Crippen LogP contribution < -0.4 is 10.2 Å². The predicted molar refractivity (Wildman–Crippen MR) is 180 cm³/mol. The van der Waals surface area contributed by atoms with Gasteiger partial charge in [-0.1, -0.05) is 18.2 Å². The maximum atomic E-state index is 13.2. The predicted octanol–water partition coefficient (Wildman–Crippen LogP) is 5.43. The van der Waals surface area contributed by atoms with Gasteiger partial charge in [-0.2, -0.15) is 0 Å². The van der Waals surface area contributed by atoms with Crippen molar-refractivity contribution in [2.45, 2.75) is 57.2 Å². The third kappa shape index (κ3) is 7.00. The molecule has 0 unspecified atom stereocenters. The summed E-state index contributed by atoms with van der Waals surface area (Å²) in [5.74, 6) is -0.0261. The number of anilines is 2. The zero-order chi connectivity index (χ0) is 30.8. The average molecular weight is 731 g/mol. The summed E-state index contributed by atoms with van der Waals surface area (Å²) in [6.07, 6.45) is 4.13. The number of hydrogen-bond donors (Lipinski definition) is 1. The number of piperidine rings is 2. The number of carbonyl (C=O) groups excluding carboxylic acids is 3. The molecule has 1 N–H and O–H groups in total. The first-order chi connectivity index (χ1) is 21.3. The van der Waals surface area contributed by atoms with Gasteiger partial charge in [0.1, 0.15) is 0 Å². The molecule has 0 atom stereocenters. The number of amides is 3. The number of Topliss-reactive ketones (excluding diaryl/α,β-unsaturated/α-hetero) is 1. The Balaban J connectivity index is 0.973. The number of nitrogens with one attached hydrogen (secondary N) is 1. The number of carbonyl (C=O) groups is 3. The van der Waals surface area contributed by atoms with Crippen molar-refractivity contribution < 1.29 is 14.4 Å². The summed E-state index contributed by atoms with van der Waals surface area (Å²) in [4.78, 5) is 50.1. The zero-order valence-corrected chi connectivity index (χ0v) is 28.6. The van der Waals surface area contributed by atoms with Gasteiger partial charge in [-0.3, -0.25) is 14.5 Å². The molecule has 0 bridgehead atoms. The number of hydrogen-bond acceptors (Lipinski definition) is 6. The van der Waals surface area contributed by atoms with Gasteiger partial charge < -0.3 is 24.9 Å². The van der Waals surface area contributed by atoms with Gasteiger partial charge in [0, 0.05) is 104 Å². The molecule has 0 aromatic heterocycles. The molecule has 11 heteroatoms. The van der Waals surface area contributed by atoms with Crippen molar-refractivity contribution in [3.05, 3.63) is 56.5 Å². The third-order valence-corrected chi connectivity index (χ3v) is 11.1. The van der Waals surface area contributed by atoms with Gasteiger partial charge in [-0.05, 0) is 88.4 Å². The molecule has 236 valence electrons. The SMILES string of the molecule is CN1CCN(C2CCN(c3c(Br)cc(C(=O)CCC(=O)N4CCC(N5Cc6ccccc6NC5=O)CC4)cc3Br)CC2)CC1.